The van der Waals surface area contributed by atoms with Gasteiger partial charge in [0, 0.05) is 23.9 Å². The first-order valence-electron chi connectivity index (χ1n) is 9.86. The Morgan fingerprint density at radius 3 is 2.61 bits per heavy atom. The normalized spacial score (nSPS) is 16.6. The number of nitrogens with one attached hydrogen (secondary N) is 1. The van der Waals surface area contributed by atoms with Crippen molar-refractivity contribution in [3.63, 3.8) is 0 Å². The van der Waals surface area contributed by atoms with Crippen molar-refractivity contribution in [1.29, 1.82) is 0 Å². The number of nitrogen functional groups attached to an aromatic ring is 1. The number of rotatable bonds is 8. The molecule has 1 fully saturated rings. The monoisotopic (exact) mass is 465 g/mol. The third-order valence-corrected chi connectivity index (χ3v) is 6.11. The van der Waals surface area contributed by atoms with Gasteiger partial charge < -0.3 is 21.5 Å². The largest absolute Gasteiger partial charge is 0.395 e. The molecule has 3 rings (SSSR count). The second kappa shape index (κ2) is 10.1. The highest BCUT2D eigenvalue weighted by molar-refractivity contribution is 7.09. The van der Waals surface area contributed by atoms with E-state index in [0.29, 0.717) is 30.3 Å². The van der Waals surface area contributed by atoms with E-state index < -0.39 is 17.9 Å². The van der Waals surface area contributed by atoms with Crippen LogP contribution in [0.1, 0.15) is 46.3 Å². The average Bonchev–Trinajstić information content (AvgIpc) is 3.40. The van der Waals surface area contributed by atoms with Gasteiger partial charge in [0.15, 0.2) is 5.69 Å². The molecule has 11 heteroatoms. The molecule has 1 aromatic carbocycles. The number of halogens is 1. The van der Waals surface area contributed by atoms with Crippen molar-refractivity contribution in [2.75, 3.05) is 23.8 Å². The number of nitrogens with two attached hydrogens (primary N) is 2. The van der Waals surface area contributed by atoms with E-state index in [2.05, 4.69) is 9.69 Å². The fourth-order valence-electron chi connectivity index (χ4n) is 3.40. The van der Waals surface area contributed by atoms with Crippen LogP contribution in [-0.4, -0.2) is 47.4 Å². The maximum absolute atomic E-state index is 13.5. The van der Waals surface area contributed by atoms with Gasteiger partial charge in [-0.25, -0.2) is 0 Å². The SMILES string of the molecule is CC[C@H](C(=O)NC[C@@H]1CCCO1)N(C(=O)c1snc(C(N)=O)c1N)c1ccc(Cl)cc1. The van der Waals surface area contributed by atoms with Gasteiger partial charge in [-0.05, 0) is 55.1 Å². The molecule has 0 aliphatic carbocycles. The molecule has 1 aliphatic rings. The van der Waals surface area contributed by atoms with Crippen LogP contribution >= 0.6 is 23.1 Å². The van der Waals surface area contributed by atoms with Crippen molar-refractivity contribution in [3.8, 4) is 0 Å². The third kappa shape index (κ3) is 5.15. The summed E-state index contributed by atoms with van der Waals surface area (Å²) >= 11 is 6.77. The summed E-state index contributed by atoms with van der Waals surface area (Å²) in [6.45, 7) is 2.85. The summed E-state index contributed by atoms with van der Waals surface area (Å²) < 4.78 is 9.46. The Hall–Kier alpha value is -2.69. The van der Waals surface area contributed by atoms with Crippen LogP contribution in [0.15, 0.2) is 24.3 Å². The van der Waals surface area contributed by atoms with Crippen molar-refractivity contribution < 1.29 is 19.1 Å². The minimum absolute atomic E-state index is 0.0311. The molecule has 2 atom stereocenters. The number of primary amides is 1. The fraction of sp³-hybridized carbons (Fsp3) is 0.400. The number of ether oxygens (including phenoxy) is 1. The minimum Gasteiger partial charge on any atom is -0.395 e. The Balaban J connectivity index is 1.92. The van der Waals surface area contributed by atoms with Gasteiger partial charge in [0.05, 0.1) is 11.8 Å². The van der Waals surface area contributed by atoms with Gasteiger partial charge in [-0.2, -0.15) is 4.37 Å². The van der Waals surface area contributed by atoms with Gasteiger partial charge in [-0.3, -0.25) is 19.3 Å². The average molecular weight is 466 g/mol. The van der Waals surface area contributed by atoms with Gasteiger partial charge in [0.1, 0.15) is 10.9 Å². The molecule has 0 saturated carbocycles. The summed E-state index contributed by atoms with van der Waals surface area (Å²) in [5.41, 5.74) is 11.4. The molecule has 2 heterocycles. The summed E-state index contributed by atoms with van der Waals surface area (Å²) in [4.78, 5) is 39.4. The molecular formula is C20H24ClN5O4S. The Labute approximate surface area is 188 Å². The van der Waals surface area contributed by atoms with Gasteiger partial charge in [-0.15, -0.1) is 0 Å². The molecule has 1 aromatic heterocycles. The molecule has 1 saturated heterocycles. The second-order valence-corrected chi connectivity index (χ2v) is 8.30. The number of carbonyl (C=O) groups excluding carboxylic acids is 3. The topological polar surface area (TPSA) is 141 Å². The summed E-state index contributed by atoms with van der Waals surface area (Å²) in [5.74, 6) is -1.70. The fourth-order valence-corrected chi connectivity index (χ4v) is 4.27. The van der Waals surface area contributed by atoms with Crippen LogP contribution in [0.5, 0.6) is 0 Å². The number of nitrogens with zero attached hydrogens (tertiary/aromatic N) is 2. The van der Waals surface area contributed by atoms with E-state index in [0.717, 1.165) is 24.4 Å². The number of hydrogen-bond donors (Lipinski definition) is 3. The first-order chi connectivity index (χ1) is 14.8. The van der Waals surface area contributed by atoms with E-state index >= 15 is 0 Å². The van der Waals surface area contributed by atoms with Gasteiger partial charge in [0.2, 0.25) is 5.91 Å². The minimum atomic E-state index is -0.827. The predicted molar refractivity (Wildman–Crippen MR) is 119 cm³/mol. The van der Waals surface area contributed by atoms with Crippen molar-refractivity contribution >= 4 is 52.2 Å². The zero-order valence-electron chi connectivity index (χ0n) is 17.0. The molecule has 0 spiro atoms. The zero-order valence-corrected chi connectivity index (χ0v) is 18.5. The Bertz CT molecular complexity index is 959. The molecule has 0 radical (unpaired) electrons. The molecule has 5 N–H and O–H groups in total. The standard InChI is InChI=1S/C20H24ClN5O4S/c1-2-14(19(28)24-10-13-4-3-9-30-13)26(12-7-5-11(21)6-8-12)20(29)17-15(22)16(18(23)27)25-31-17/h5-8,13-14H,2-4,9-10,22H2,1H3,(H2,23,27)(H,24,28)/t13-,14+/m0/s1. The van der Waals surface area contributed by atoms with E-state index in [9.17, 15) is 14.4 Å². The second-order valence-electron chi connectivity index (χ2n) is 7.09. The lowest BCUT2D eigenvalue weighted by Crippen LogP contribution is -2.50. The molecular weight excluding hydrogens is 442 g/mol. The molecule has 9 nitrogen and oxygen atoms in total. The molecule has 3 amide bonds. The van der Waals surface area contributed by atoms with Crippen molar-refractivity contribution in [2.45, 2.75) is 38.3 Å². The maximum atomic E-state index is 13.5. The van der Waals surface area contributed by atoms with E-state index in [-0.39, 0.29) is 28.3 Å². The van der Waals surface area contributed by atoms with Crippen molar-refractivity contribution in [1.82, 2.24) is 9.69 Å². The van der Waals surface area contributed by atoms with Crippen LogP contribution in [0.25, 0.3) is 0 Å². The number of benzene rings is 1. The predicted octanol–water partition coefficient (Wildman–Crippen LogP) is 2.20. The lowest BCUT2D eigenvalue weighted by molar-refractivity contribution is -0.122. The van der Waals surface area contributed by atoms with Crippen LogP contribution in [0.3, 0.4) is 0 Å². The molecule has 1 aliphatic heterocycles. The lowest BCUT2D eigenvalue weighted by atomic mass is 10.1. The van der Waals surface area contributed by atoms with E-state index in [1.807, 2.05) is 0 Å². The number of aromatic nitrogens is 1. The quantitative estimate of drug-likeness (QED) is 0.545. The molecule has 2 aromatic rings. The van der Waals surface area contributed by atoms with E-state index in [1.54, 1.807) is 31.2 Å². The summed E-state index contributed by atoms with van der Waals surface area (Å²) in [6.07, 6.45) is 2.15. The van der Waals surface area contributed by atoms with E-state index in [4.69, 9.17) is 27.8 Å². The lowest BCUT2D eigenvalue weighted by Gasteiger charge is -2.30. The Morgan fingerprint density at radius 2 is 2.06 bits per heavy atom. The maximum Gasteiger partial charge on any atom is 0.272 e. The van der Waals surface area contributed by atoms with Crippen LogP contribution in [0.2, 0.25) is 5.02 Å². The highest BCUT2D eigenvalue weighted by Gasteiger charge is 2.34. The summed E-state index contributed by atoms with van der Waals surface area (Å²) in [7, 11) is 0. The first-order valence-corrected chi connectivity index (χ1v) is 11.0. The van der Waals surface area contributed by atoms with Crippen LogP contribution in [-0.2, 0) is 9.53 Å². The van der Waals surface area contributed by atoms with E-state index in [1.165, 1.54) is 4.90 Å². The molecule has 166 valence electrons. The number of amides is 3. The summed E-state index contributed by atoms with van der Waals surface area (Å²) in [6, 6.07) is 5.71. The highest BCUT2D eigenvalue weighted by atomic mass is 35.5. The molecule has 0 unspecified atom stereocenters. The molecule has 31 heavy (non-hydrogen) atoms. The third-order valence-electron chi connectivity index (χ3n) is 5.01. The Morgan fingerprint density at radius 1 is 1.35 bits per heavy atom. The molecule has 0 bridgehead atoms. The van der Waals surface area contributed by atoms with Gasteiger partial charge in [-0.1, -0.05) is 18.5 Å². The number of carbonyl (C=O) groups is 3. The number of hydrogen-bond acceptors (Lipinski definition) is 7. The highest BCUT2D eigenvalue weighted by Crippen LogP contribution is 2.29. The van der Waals surface area contributed by atoms with Crippen LogP contribution < -0.4 is 21.7 Å². The van der Waals surface area contributed by atoms with Crippen molar-refractivity contribution in [3.05, 3.63) is 39.9 Å². The van der Waals surface area contributed by atoms with Crippen molar-refractivity contribution in [2.24, 2.45) is 5.73 Å². The van der Waals surface area contributed by atoms with Gasteiger partial charge in [0.25, 0.3) is 11.8 Å². The number of anilines is 2. The smallest absolute Gasteiger partial charge is 0.272 e. The zero-order chi connectivity index (χ0) is 22.5. The van der Waals surface area contributed by atoms with Crippen LogP contribution in [0.4, 0.5) is 11.4 Å². The van der Waals surface area contributed by atoms with Gasteiger partial charge >= 0.3 is 0 Å². The van der Waals surface area contributed by atoms with Crippen LogP contribution in [0, 0.1) is 0 Å². The first kappa shape index (κ1) is 23.0. The Kier molecular flexibility index (Phi) is 7.47. The summed E-state index contributed by atoms with van der Waals surface area (Å²) in [5, 5.41) is 3.37.